The first-order chi connectivity index (χ1) is 13.7. The van der Waals surface area contributed by atoms with Crippen molar-refractivity contribution in [3.05, 3.63) is 53.9 Å². The number of allylic oxidation sites excluding steroid dienone is 1. The number of hydrogen-bond acceptors (Lipinski definition) is 4. The van der Waals surface area contributed by atoms with Gasteiger partial charge in [0, 0.05) is 6.54 Å². The van der Waals surface area contributed by atoms with Crippen LogP contribution in [0.4, 0.5) is 0 Å². The van der Waals surface area contributed by atoms with Gasteiger partial charge in [0.1, 0.15) is 6.07 Å². The zero-order valence-electron chi connectivity index (χ0n) is 16.6. The lowest BCUT2D eigenvalue weighted by molar-refractivity contribution is 0.277. The first-order valence-corrected chi connectivity index (χ1v) is 9.68. The molecule has 0 aliphatic carbocycles. The van der Waals surface area contributed by atoms with Gasteiger partial charge in [-0.05, 0) is 56.2 Å². The molecule has 0 amide bonds. The van der Waals surface area contributed by atoms with E-state index in [2.05, 4.69) is 29.5 Å². The van der Waals surface area contributed by atoms with E-state index in [0.29, 0.717) is 30.4 Å². The quantitative estimate of drug-likeness (QED) is 0.501. The smallest absolute Gasteiger partial charge is 0.161 e. The highest BCUT2D eigenvalue weighted by Crippen LogP contribution is 2.31. The molecule has 0 unspecified atom stereocenters. The van der Waals surface area contributed by atoms with Crippen LogP contribution in [0.2, 0.25) is 0 Å². The monoisotopic (exact) mass is 375 g/mol. The molecule has 1 aromatic heterocycles. The van der Waals surface area contributed by atoms with Gasteiger partial charge >= 0.3 is 0 Å². The van der Waals surface area contributed by atoms with Crippen LogP contribution in [0.1, 0.15) is 38.6 Å². The number of rotatable bonds is 8. The Labute approximate surface area is 165 Å². The van der Waals surface area contributed by atoms with E-state index in [9.17, 15) is 5.26 Å². The van der Waals surface area contributed by atoms with E-state index in [4.69, 9.17) is 9.47 Å². The highest BCUT2D eigenvalue weighted by atomic mass is 16.5. The lowest BCUT2D eigenvalue weighted by atomic mass is 10.1. The highest BCUT2D eigenvalue weighted by molar-refractivity contribution is 5.91. The SMILES string of the molecule is CCCOc1ccc(/C=C(/C#N)c2nc3ccccc3n2CC)cc1OCC. The lowest BCUT2D eigenvalue weighted by Gasteiger charge is -2.12. The second-order valence-corrected chi connectivity index (χ2v) is 6.33. The Balaban J connectivity index is 2.04. The molecule has 28 heavy (non-hydrogen) atoms. The van der Waals surface area contributed by atoms with E-state index in [1.807, 2.05) is 55.5 Å². The molecule has 0 radical (unpaired) electrons. The Morgan fingerprint density at radius 1 is 1.11 bits per heavy atom. The second-order valence-electron chi connectivity index (χ2n) is 6.33. The molecular formula is C23H25N3O2. The van der Waals surface area contributed by atoms with Gasteiger partial charge in [0.25, 0.3) is 0 Å². The molecule has 0 saturated carbocycles. The fourth-order valence-electron chi connectivity index (χ4n) is 3.13. The van der Waals surface area contributed by atoms with Gasteiger partial charge in [0.05, 0.1) is 29.8 Å². The number of aryl methyl sites for hydroxylation is 1. The molecule has 0 saturated heterocycles. The number of nitrogens with zero attached hydrogens (tertiary/aromatic N) is 3. The third-order valence-corrected chi connectivity index (χ3v) is 4.37. The lowest BCUT2D eigenvalue weighted by Crippen LogP contribution is -2.01. The maximum Gasteiger partial charge on any atom is 0.161 e. The van der Waals surface area contributed by atoms with Gasteiger partial charge in [-0.1, -0.05) is 25.1 Å². The minimum Gasteiger partial charge on any atom is -0.490 e. The van der Waals surface area contributed by atoms with Crippen LogP contribution >= 0.6 is 0 Å². The molecule has 0 aliphatic rings. The number of nitriles is 1. The van der Waals surface area contributed by atoms with Crippen molar-refractivity contribution in [1.29, 1.82) is 5.26 Å². The first-order valence-electron chi connectivity index (χ1n) is 9.68. The Bertz CT molecular complexity index is 1030. The standard InChI is InChI=1S/C23H25N3O2/c1-4-13-28-21-12-11-17(15-22(21)27-6-3)14-18(16-24)23-25-19-9-7-8-10-20(19)26(23)5-2/h7-12,14-15H,4-6,13H2,1-3H3/b18-14-. The van der Waals surface area contributed by atoms with Crippen molar-refractivity contribution in [3.63, 3.8) is 0 Å². The van der Waals surface area contributed by atoms with Crippen molar-refractivity contribution in [2.75, 3.05) is 13.2 Å². The molecule has 0 spiro atoms. The average Bonchev–Trinajstić information content (AvgIpc) is 3.10. The van der Waals surface area contributed by atoms with E-state index >= 15 is 0 Å². The fourth-order valence-corrected chi connectivity index (χ4v) is 3.13. The topological polar surface area (TPSA) is 60.1 Å². The summed E-state index contributed by atoms with van der Waals surface area (Å²) in [5.74, 6) is 2.08. The van der Waals surface area contributed by atoms with Gasteiger partial charge in [0.2, 0.25) is 0 Å². The summed E-state index contributed by atoms with van der Waals surface area (Å²) in [5, 5.41) is 9.80. The van der Waals surface area contributed by atoms with Crippen molar-refractivity contribution in [1.82, 2.24) is 9.55 Å². The summed E-state index contributed by atoms with van der Waals surface area (Å²) < 4.78 is 13.6. The average molecular weight is 375 g/mol. The van der Waals surface area contributed by atoms with E-state index in [1.54, 1.807) is 0 Å². The molecule has 144 valence electrons. The van der Waals surface area contributed by atoms with Crippen molar-refractivity contribution in [2.45, 2.75) is 33.7 Å². The summed E-state index contributed by atoms with van der Waals surface area (Å²) in [6, 6.07) is 16.0. The van der Waals surface area contributed by atoms with E-state index < -0.39 is 0 Å². The van der Waals surface area contributed by atoms with Crippen LogP contribution in [-0.2, 0) is 6.54 Å². The van der Waals surface area contributed by atoms with E-state index in [-0.39, 0.29) is 0 Å². The van der Waals surface area contributed by atoms with Crippen LogP contribution in [-0.4, -0.2) is 22.8 Å². The minimum absolute atomic E-state index is 0.516. The molecule has 0 N–H and O–H groups in total. The predicted octanol–water partition coefficient (Wildman–Crippen LogP) is 5.31. The first kappa shape index (κ1) is 19.5. The van der Waals surface area contributed by atoms with Gasteiger partial charge in [-0.15, -0.1) is 0 Å². The maximum absolute atomic E-state index is 9.80. The Hall–Kier alpha value is -3.26. The predicted molar refractivity (Wildman–Crippen MR) is 112 cm³/mol. The zero-order chi connectivity index (χ0) is 19.9. The van der Waals surface area contributed by atoms with E-state index in [1.165, 1.54) is 0 Å². The number of aromatic nitrogens is 2. The van der Waals surface area contributed by atoms with Gasteiger partial charge in [0.15, 0.2) is 17.3 Å². The number of imidazole rings is 1. The number of fused-ring (bicyclic) bond motifs is 1. The molecule has 3 rings (SSSR count). The van der Waals surface area contributed by atoms with Crippen molar-refractivity contribution in [2.24, 2.45) is 0 Å². The fraction of sp³-hybridized carbons (Fsp3) is 0.304. The molecule has 0 atom stereocenters. The van der Waals surface area contributed by atoms with Crippen molar-refractivity contribution >= 4 is 22.7 Å². The number of benzene rings is 2. The van der Waals surface area contributed by atoms with Gasteiger partial charge < -0.3 is 14.0 Å². The maximum atomic E-state index is 9.80. The minimum atomic E-state index is 0.516. The van der Waals surface area contributed by atoms with E-state index in [0.717, 1.165) is 35.3 Å². The normalized spacial score (nSPS) is 11.4. The summed E-state index contributed by atoms with van der Waals surface area (Å²) in [5.41, 5.74) is 3.31. The van der Waals surface area contributed by atoms with Crippen LogP contribution in [0.15, 0.2) is 42.5 Å². The highest BCUT2D eigenvalue weighted by Gasteiger charge is 2.14. The summed E-state index contributed by atoms with van der Waals surface area (Å²) in [7, 11) is 0. The van der Waals surface area contributed by atoms with Crippen LogP contribution in [0.3, 0.4) is 0 Å². The largest absolute Gasteiger partial charge is 0.490 e. The number of hydrogen-bond donors (Lipinski definition) is 0. The Morgan fingerprint density at radius 3 is 2.64 bits per heavy atom. The Morgan fingerprint density at radius 2 is 1.93 bits per heavy atom. The number of ether oxygens (including phenoxy) is 2. The molecule has 5 heteroatoms. The third-order valence-electron chi connectivity index (χ3n) is 4.37. The number of para-hydroxylation sites is 2. The molecule has 0 bridgehead atoms. The summed E-state index contributed by atoms with van der Waals surface area (Å²) in [6.45, 7) is 7.99. The molecule has 0 fully saturated rings. The summed E-state index contributed by atoms with van der Waals surface area (Å²) >= 11 is 0. The molecule has 1 heterocycles. The second kappa shape index (κ2) is 9.09. The van der Waals surface area contributed by atoms with Crippen LogP contribution in [0.25, 0.3) is 22.7 Å². The Kier molecular flexibility index (Phi) is 6.33. The molecule has 3 aromatic rings. The molecule has 2 aromatic carbocycles. The van der Waals surface area contributed by atoms with Crippen molar-refractivity contribution in [3.8, 4) is 17.6 Å². The van der Waals surface area contributed by atoms with Crippen LogP contribution in [0, 0.1) is 11.3 Å². The van der Waals surface area contributed by atoms with Crippen molar-refractivity contribution < 1.29 is 9.47 Å². The van der Waals surface area contributed by atoms with Crippen LogP contribution in [0.5, 0.6) is 11.5 Å². The molecule has 0 aliphatic heterocycles. The summed E-state index contributed by atoms with van der Waals surface area (Å²) in [6.07, 6.45) is 2.78. The van der Waals surface area contributed by atoms with Crippen LogP contribution < -0.4 is 9.47 Å². The third kappa shape index (κ3) is 4.01. The zero-order valence-corrected chi connectivity index (χ0v) is 16.6. The molecule has 5 nitrogen and oxygen atoms in total. The molecular weight excluding hydrogens is 350 g/mol. The van der Waals surface area contributed by atoms with Gasteiger partial charge in [-0.25, -0.2) is 4.98 Å². The van der Waals surface area contributed by atoms with Gasteiger partial charge in [-0.2, -0.15) is 5.26 Å². The summed E-state index contributed by atoms with van der Waals surface area (Å²) in [4.78, 5) is 4.68. The van der Waals surface area contributed by atoms with Gasteiger partial charge in [-0.3, -0.25) is 0 Å².